The number of hydrogen-bond donors (Lipinski definition) is 1. The zero-order valence-electron chi connectivity index (χ0n) is 8.96. The summed E-state index contributed by atoms with van der Waals surface area (Å²) >= 11 is 0. The van der Waals surface area contributed by atoms with Gasteiger partial charge >= 0.3 is 6.61 Å². The van der Waals surface area contributed by atoms with E-state index in [2.05, 4.69) is 10.1 Å². The Balaban J connectivity index is 1.97. The molecule has 2 nitrogen and oxygen atoms in total. The summed E-state index contributed by atoms with van der Waals surface area (Å²) in [5.41, 5.74) is 1.04. The van der Waals surface area contributed by atoms with Crippen LogP contribution < -0.4 is 10.1 Å². The number of hydrogen-bond acceptors (Lipinski definition) is 2. The summed E-state index contributed by atoms with van der Waals surface area (Å²) in [7, 11) is 0. The van der Waals surface area contributed by atoms with Crippen LogP contribution in [0.25, 0.3) is 0 Å². The first-order valence-corrected chi connectivity index (χ1v) is 5.51. The minimum atomic E-state index is -2.75. The number of alkyl halides is 2. The molecule has 0 bridgehead atoms. The van der Waals surface area contributed by atoms with Crippen LogP contribution in [-0.2, 0) is 6.42 Å². The topological polar surface area (TPSA) is 21.3 Å². The second-order valence-corrected chi connectivity index (χ2v) is 4.02. The highest BCUT2D eigenvalue weighted by Gasteiger charge is 2.14. The smallest absolute Gasteiger partial charge is 0.387 e. The van der Waals surface area contributed by atoms with Gasteiger partial charge < -0.3 is 10.1 Å². The second-order valence-electron chi connectivity index (χ2n) is 4.02. The average molecular weight is 227 g/mol. The quantitative estimate of drug-likeness (QED) is 0.853. The summed E-state index contributed by atoms with van der Waals surface area (Å²) in [6, 6.07) is 7.41. The van der Waals surface area contributed by atoms with Gasteiger partial charge in [-0.15, -0.1) is 0 Å². The van der Waals surface area contributed by atoms with Crippen molar-refractivity contribution in [1.82, 2.24) is 5.32 Å². The van der Waals surface area contributed by atoms with Gasteiger partial charge in [0.2, 0.25) is 0 Å². The molecule has 1 aliphatic heterocycles. The third kappa shape index (κ3) is 3.17. The molecule has 0 saturated carbocycles. The number of benzene rings is 1. The van der Waals surface area contributed by atoms with Crippen molar-refractivity contribution in [3.8, 4) is 5.75 Å². The van der Waals surface area contributed by atoms with Crippen molar-refractivity contribution in [2.24, 2.45) is 0 Å². The van der Waals surface area contributed by atoms with Crippen molar-refractivity contribution in [2.45, 2.75) is 31.9 Å². The molecule has 1 saturated heterocycles. The van der Waals surface area contributed by atoms with Crippen LogP contribution >= 0.6 is 0 Å². The molecule has 0 aliphatic carbocycles. The third-order valence-electron chi connectivity index (χ3n) is 2.77. The normalized spacial score (nSPS) is 20.3. The van der Waals surface area contributed by atoms with E-state index in [1.807, 2.05) is 6.07 Å². The first kappa shape index (κ1) is 11.3. The molecular weight excluding hydrogens is 212 g/mol. The van der Waals surface area contributed by atoms with Crippen LogP contribution in [0.4, 0.5) is 8.78 Å². The van der Waals surface area contributed by atoms with Gasteiger partial charge in [0.15, 0.2) is 0 Å². The Morgan fingerprint density at radius 1 is 1.44 bits per heavy atom. The Labute approximate surface area is 93.6 Å². The van der Waals surface area contributed by atoms with Crippen LogP contribution in [0.1, 0.15) is 18.4 Å². The van der Waals surface area contributed by atoms with Crippen LogP contribution in [0, 0.1) is 0 Å². The summed E-state index contributed by atoms with van der Waals surface area (Å²) < 4.78 is 28.4. The van der Waals surface area contributed by atoms with Crippen molar-refractivity contribution in [1.29, 1.82) is 0 Å². The van der Waals surface area contributed by atoms with Gasteiger partial charge in [0.05, 0.1) is 0 Å². The number of rotatable bonds is 4. The van der Waals surface area contributed by atoms with Gasteiger partial charge in [0, 0.05) is 6.04 Å². The molecule has 1 aromatic carbocycles. The Morgan fingerprint density at radius 3 is 3.00 bits per heavy atom. The standard InChI is InChI=1S/C12H15F2NO/c13-12(14)16-11-5-1-3-9(8-11)7-10-4-2-6-15-10/h1,3,5,8,10,12,15H,2,4,6-7H2. The summed E-state index contributed by atoms with van der Waals surface area (Å²) in [6.45, 7) is -1.70. The molecule has 1 aromatic rings. The first-order valence-electron chi connectivity index (χ1n) is 5.51. The van der Waals surface area contributed by atoms with Gasteiger partial charge in [0.25, 0.3) is 0 Å². The summed E-state index contributed by atoms with van der Waals surface area (Å²) in [4.78, 5) is 0. The van der Waals surface area contributed by atoms with Crippen molar-refractivity contribution in [3.63, 3.8) is 0 Å². The van der Waals surface area contributed by atoms with Crippen molar-refractivity contribution in [2.75, 3.05) is 6.54 Å². The highest BCUT2D eigenvalue weighted by molar-refractivity contribution is 5.29. The fourth-order valence-electron chi connectivity index (χ4n) is 2.06. The van der Waals surface area contributed by atoms with Gasteiger partial charge in [-0.05, 0) is 43.5 Å². The molecule has 88 valence electrons. The number of halogens is 2. The predicted octanol–water partition coefficient (Wildman–Crippen LogP) is 2.58. The maximum absolute atomic E-state index is 12.0. The molecule has 1 N–H and O–H groups in total. The van der Waals surface area contributed by atoms with Crippen LogP contribution in [0.15, 0.2) is 24.3 Å². The summed E-state index contributed by atoms with van der Waals surface area (Å²) in [5.74, 6) is 0.241. The van der Waals surface area contributed by atoms with Crippen molar-refractivity contribution < 1.29 is 13.5 Å². The molecule has 16 heavy (non-hydrogen) atoms. The van der Waals surface area contributed by atoms with Gasteiger partial charge in [-0.25, -0.2) is 0 Å². The fraction of sp³-hybridized carbons (Fsp3) is 0.500. The molecule has 1 aliphatic rings. The van der Waals surface area contributed by atoms with Crippen molar-refractivity contribution in [3.05, 3.63) is 29.8 Å². The zero-order valence-corrected chi connectivity index (χ0v) is 8.96. The number of ether oxygens (including phenoxy) is 1. The maximum Gasteiger partial charge on any atom is 0.387 e. The summed E-state index contributed by atoms with van der Waals surface area (Å²) in [5, 5.41) is 3.38. The Bertz CT molecular complexity index is 338. The van der Waals surface area contributed by atoms with E-state index >= 15 is 0 Å². The van der Waals surface area contributed by atoms with E-state index in [9.17, 15) is 8.78 Å². The molecule has 4 heteroatoms. The highest BCUT2D eigenvalue weighted by atomic mass is 19.3. The molecule has 0 amide bonds. The van der Waals surface area contributed by atoms with E-state index in [4.69, 9.17) is 0 Å². The second kappa shape index (κ2) is 5.25. The van der Waals surface area contributed by atoms with Crippen LogP contribution in [-0.4, -0.2) is 19.2 Å². The van der Waals surface area contributed by atoms with Crippen LogP contribution in [0.3, 0.4) is 0 Å². The van der Waals surface area contributed by atoms with Gasteiger partial charge in [0.1, 0.15) is 5.75 Å². The molecule has 2 rings (SSSR count). The maximum atomic E-state index is 12.0. The lowest BCUT2D eigenvalue weighted by Gasteiger charge is -2.11. The van der Waals surface area contributed by atoms with E-state index in [1.54, 1.807) is 18.2 Å². The molecule has 1 unspecified atom stereocenters. The molecule has 1 atom stereocenters. The monoisotopic (exact) mass is 227 g/mol. The molecule has 0 radical (unpaired) electrons. The fourth-order valence-corrected chi connectivity index (χ4v) is 2.06. The van der Waals surface area contributed by atoms with E-state index in [-0.39, 0.29) is 5.75 Å². The van der Waals surface area contributed by atoms with Crippen molar-refractivity contribution >= 4 is 0 Å². The minimum Gasteiger partial charge on any atom is -0.435 e. The molecular formula is C12H15F2NO. The molecule has 1 fully saturated rings. The third-order valence-corrected chi connectivity index (χ3v) is 2.77. The van der Waals surface area contributed by atoms with Crippen LogP contribution in [0.2, 0.25) is 0 Å². The SMILES string of the molecule is FC(F)Oc1cccc(CC2CCCN2)c1. The Morgan fingerprint density at radius 2 is 2.31 bits per heavy atom. The molecule has 1 heterocycles. The van der Waals surface area contributed by atoms with Gasteiger partial charge in [-0.2, -0.15) is 8.78 Å². The van der Waals surface area contributed by atoms with E-state index in [1.165, 1.54) is 6.42 Å². The largest absolute Gasteiger partial charge is 0.435 e. The van der Waals surface area contributed by atoms with Crippen LogP contribution in [0.5, 0.6) is 5.75 Å². The zero-order chi connectivity index (χ0) is 11.4. The molecule has 0 aromatic heterocycles. The number of nitrogens with one attached hydrogen (secondary N) is 1. The van der Waals surface area contributed by atoms with Gasteiger partial charge in [-0.1, -0.05) is 12.1 Å². The lowest BCUT2D eigenvalue weighted by Crippen LogP contribution is -2.23. The van der Waals surface area contributed by atoms with Gasteiger partial charge in [-0.3, -0.25) is 0 Å². The first-order chi connectivity index (χ1) is 7.74. The summed E-state index contributed by atoms with van der Waals surface area (Å²) in [6.07, 6.45) is 3.22. The predicted molar refractivity (Wildman–Crippen MR) is 57.8 cm³/mol. The minimum absolute atomic E-state index is 0.241. The molecule has 0 spiro atoms. The lowest BCUT2D eigenvalue weighted by atomic mass is 10.0. The van der Waals surface area contributed by atoms with E-state index < -0.39 is 6.61 Å². The average Bonchev–Trinajstić information content (AvgIpc) is 2.70. The highest BCUT2D eigenvalue weighted by Crippen LogP contribution is 2.18. The Kier molecular flexibility index (Phi) is 3.72. The van der Waals surface area contributed by atoms with E-state index in [0.717, 1.165) is 24.9 Å². The van der Waals surface area contributed by atoms with E-state index in [0.29, 0.717) is 6.04 Å². The lowest BCUT2D eigenvalue weighted by molar-refractivity contribution is -0.0498. The Hall–Kier alpha value is -1.16.